The summed E-state index contributed by atoms with van der Waals surface area (Å²) in [6.07, 6.45) is 2.05. The largest absolute Gasteiger partial charge is 0.497 e. The Kier molecular flexibility index (Phi) is 5.95. The van der Waals surface area contributed by atoms with Crippen LogP contribution in [0.25, 0.3) is 0 Å². The van der Waals surface area contributed by atoms with Gasteiger partial charge in [0.05, 0.1) is 24.3 Å². The molecule has 170 valence electrons. The smallest absolute Gasteiger partial charge is 0.174 e. The van der Waals surface area contributed by atoms with Crippen molar-refractivity contribution in [1.29, 1.82) is 0 Å². The predicted octanol–water partition coefficient (Wildman–Crippen LogP) is 6.27. The van der Waals surface area contributed by atoms with Crippen molar-refractivity contribution >= 4 is 24.9 Å². The molecule has 2 heterocycles. The topological polar surface area (TPSA) is 43.7 Å². The Morgan fingerprint density at radius 1 is 1.03 bits per heavy atom. The number of nitrogens with zero attached hydrogens (tertiary/aromatic N) is 5. The zero-order valence-electron chi connectivity index (χ0n) is 20.2. The molecule has 0 aliphatic carbocycles. The molecule has 0 spiro atoms. The zero-order valence-corrected chi connectivity index (χ0v) is 21.1. The lowest BCUT2D eigenvalue weighted by Crippen LogP contribution is -2.30. The molecule has 1 unspecified atom stereocenters. The molecule has 4 rings (SSSR count). The number of fused-ring (bicyclic) bond motifs is 1. The molecular weight excluding hydrogens is 417 g/mol. The number of hydrazone groups is 1. The lowest BCUT2D eigenvalue weighted by atomic mass is 9.84. The van der Waals surface area contributed by atoms with Crippen molar-refractivity contribution in [1.82, 2.24) is 9.45 Å². The number of hydrogen-bond donors (Lipinski definition) is 0. The first-order valence-electron chi connectivity index (χ1n) is 11.2. The first kappa shape index (κ1) is 22.6. The van der Waals surface area contributed by atoms with E-state index in [0.717, 1.165) is 24.5 Å². The second-order valence-electron chi connectivity index (χ2n) is 8.67. The SMILES string of the molecule is CCN(CC)P1(=Nc2ccc(OC)cc2)/C(=C2\N(C)c3ccccc3C2(C)C)C=NN1C. The summed E-state index contributed by atoms with van der Waals surface area (Å²) in [6.45, 7) is 10.8. The van der Waals surface area contributed by atoms with E-state index in [-0.39, 0.29) is 5.41 Å². The number of anilines is 1. The van der Waals surface area contributed by atoms with E-state index in [4.69, 9.17) is 14.6 Å². The second kappa shape index (κ2) is 8.42. The molecule has 2 aromatic carbocycles. The highest BCUT2D eigenvalue weighted by atomic mass is 31.2. The van der Waals surface area contributed by atoms with E-state index in [0.29, 0.717) is 0 Å². The van der Waals surface area contributed by atoms with Gasteiger partial charge in [0.1, 0.15) is 5.75 Å². The van der Waals surface area contributed by atoms with Gasteiger partial charge in [-0.2, -0.15) is 5.10 Å². The number of benzene rings is 2. The molecule has 2 aromatic rings. The van der Waals surface area contributed by atoms with Crippen LogP contribution in [0, 0.1) is 0 Å². The van der Waals surface area contributed by atoms with Gasteiger partial charge in [0, 0.05) is 44.0 Å². The van der Waals surface area contributed by atoms with Gasteiger partial charge in [0.15, 0.2) is 7.36 Å². The van der Waals surface area contributed by atoms with Crippen molar-refractivity contribution in [3.05, 3.63) is 65.1 Å². The van der Waals surface area contributed by atoms with E-state index in [1.54, 1.807) is 7.11 Å². The summed E-state index contributed by atoms with van der Waals surface area (Å²) in [5.74, 6) is 0.834. The number of hydrogen-bond acceptors (Lipinski definition) is 4. The minimum atomic E-state index is -2.33. The van der Waals surface area contributed by atoms with Gasteiger partial charge in [-0.15, -0.1) is 0 Å². The van der Waals surface area contributed by atoms with E-state index in [1.165, 1.54) is 22.3 Å². The molecular formula is C25H34N5OP. The fourth-order valence-corrected chi connectivity index (χ4v) is 8.75. The highest BCUT2D eigenvalue weighted by Crippen LogP contribution is 2.69. The minimum absolute atomic E-state index is 0.147. The van der Waals surface area contributed by atoms with E-state index in [2.05, 4.69) is 86.6 Å². The van der Waals surface area contributed by atoms with Gasteiger partial charge in [-0.05, 0) is 35.9 Å². The van der Waals surface area contributed by atoms with Crippen LogP contribution in [0.5, 0.6) is 5.75 Å². The summed E-state index contributed by atoms with van der Waals surface area (Å²) < 4.78 is 15.4. The fraction of sp³-hybridized carbons (Fsp3) is 0.400. The van der Waals surface area contributed by atoms with Crippen LogP contribution < -0.4 is 9.64 Å². The maximum Gasteiger partial charge on any atom is 0.174 e. The second-order valence-corrected chi connectivity index (χ2v) is 11.6. The van der Waals surface area contributed by atoms with Crippen LogP contribution in [0.2, 0.25) is 0 Å². The Bertz CT molecular complexity index is 1120. The van der Waals surface area contributed by atoms with Gasteiger partial charge < -0.3 is 9.64 Å². The molecule has 0 aromatic heterocycles. The summed E-state index contributed by atoms with van der Waals surface area (Å²) in [7, 11) is 3.60. The van der Waals surface area contributed by atoms with Crippen LogP contribution >= 0.6 is 7.36 Å². The number of rotatable bonds is 5. The summed E-state index contributed by atoms with van der Waals surface area (Å²) in [5, 5.41) is 6.06. The standard InChI is InChI=1S/C25H34N5OP/c1-8-30(9-2)32(27-19-14-16-20(31-7)17-15-19)23(18-26-29(32)6)24-25(3,4)21-12-10-11-13-22(21)28(24)5/h10-18H,8-9H2,1-7H3/b24-23-. The molecule has 32 heavy (non-hydrogen) atoms. The third-order valence-electron chi connectivity index (χ3n) is 6.63. The number of likely N-dealkylation sites (N-methyl/N-ethyl adjacent to an activating group) is 1. The van der Waals surface area contributed by atoms with Crippen LogP contribution in [0.15, 0.2) is 69.4 Å². The lowest BCUT2D eigenvalue weighted by molar-refractivity contribution is 0.415. The third kappa shape index (κ3) is 3.28. The summed E-state index contributed by atoms with van der Waals surface area (Å²) in [4.78, 5) is 2.34. The van der Waals surface area contributed by atoms with Gasteiger partial charge in [-0.25, -0.2) is 14.2 Å². The molecule has 2 aliphatic heterocycles. The van der Waals surface area contributed by atoms with Crippen molar-refractivity contribution < 1.29 is 4.74 Å². The number of ether oxygens (including phenoxy) is 1. The van der Waals surface area contributed by atoms with Crippen LogP contribution in [-0.4, -0.2) is 50.0 Å². The van der Waals surface area contributed by atoms with Gasteiger partial charge in [-0.1, -0.05) is 45.9 Å². The molecule has 0 N–H and O–H groups in total. The van der Waals surface area contributed by atoms with Crippen molar-refractivity contribution in [3.8, 4) is 5.75 Å². The molecule has 2 aliphatic rings. The van der Waals surface area contributed by atoms with Gasteiger partial charge in [0.25, 0.3) is 0 Å². The first-order chi connectivity index (χ1) is 15.3. The molecule has 0 radical (unpaired) electrons. The molecule has 0 fully saturated rings. The highest BCUT2D eigenvalue weighted by Gasteiger charge is 2.47. The number of allylic oxidation sites excluding steroid dienone is 2. The number of para-hydroxylation sites is 1. The molecule has 0 saturated heterocycles. The number of methoxy groups -OCH3 is 1. The Balaban J connectivity index is 2.02. The monoisotopic (exact) mass is 451 g/mol. The summed E-state index contributed by atoms with van der Waals surface area (Å²) in [5.41, 5.74) is 4.67. The summed E-state index contributed by atoms with van der Waals surface area (Å²) in [6, 6.07) is 16.7. The maximum atomic E-state index is 5.47. The van der Waals surface area contributed by atoms with Crippen LogP contribution in [0.4, 0.5) is 11.4 Å². The van der Waals surface area contributed by atoms with E-state index >= 15 is 0 Å². The molecule has 0 amide bonds. The van der Waals surface area contributed by atoms with Gasteiger partial charge in [0.2, 0.25) is 0 Å². The van der Waals surface area contributed by atoms with Crippen molar-refractivity contribution in [2.75, 3.05) is 39.2 Å². The van der Waals surface area contributed by atoms with Crippen LogP contribution in [0.1, 0.15) is 33.3 Å². The van der Waals surface area contributed by atoms with E-state index in [9.17, 15) is 0 Å². The summed E-state index contributed by atoms with van der Waals surface area (Å²) >= 11 is 0. The normalized spacial score (nSPS) is 23.8. The zero-order chi connectivity index (χ0) is 23.1. The van der Waals surface area contributed by atoms with E-state index < -0.39 is 7.36 Å². The third-order valence-corrected chi connectivity index (χ3v) is 10.4. The molecule has 6 nitrogen and oxygen atoms in total. The highest BCUT2D eigenvalue weighted by molar-refractivity contribution is 7.67. The molecule has 7 heteroatoms. The van der Waals surface area contributed by atoms with Crippen molar-refractivity contribution in [2.45, 2.75) is 33.1 Å². The minimum Gasteiger partial charge on any atom is -0.497 e. The van der Waals surface area contributed by atoms with Crippen LogP contribution in [0.3, 0.4) is 0 Å². The fourth-order valence-electron chi connectivity index (χ4n) is 5.05. The average Bonchev–Trinajstić information content (AvgIpc) is 3.21. The quantitative estimate of drug-likeness (QED) is 0.503. The molecule has 0 bridgehead atoms. The van der Waals surface area contributed by atoms with Crippen molar-refractivity contribution in [3.63, 3.8) is 0 Å². The predicted molar refractivity (Wildman–Crippen MR) is 136 cm³/mol. The molecule has 0 saturated carbocycles. The van der Waals surface area contributed by atoms with Crippen molar-refractivity contribution in [2.24, 2.45) is 9.85 Å². The van der Waals surface area contributed by atoms with Gasteiger partial charge >= 0.3 is 0 Å². The average molecular weight is 452 g/mol. The Hall–Kier alpha value is -2.56. The first-order valence-corrected chi connectivity index (χ1v) is 12.8. The lowest BCUT2D eigenvalue weighted by Gasteiger charge is -2.39. The Morgan fingerprint density at radius 3 is 2.28 bits per heavy atom. The van der Waals surface area contributed by atoms with Crippen LogP contribution in [-0.2, 0) is 5.41 Å². The Labute approximate surface area is 192 Å². The Morgan fingerprint density at radius 2 is 1.69 bits per heavy atom. The molecule has 1 atom stereocenters. The van der Waals surface area contributed by atoms with Gasteiger partial charge in [-0.3, -0.25) is 0 Å². The van der Waals surface area contributed by atoms with E-state index in [1.807, 2.05) is 24.3 Å². The maximum absolute atomic E-state index is 5.47.